The number of aromatic nitrogens is 2. The highest BCUT2D eigenvalue weighted by Gasteiger charge is 2.30. The van der Waals surface area contributed by atoms with Crippen molar-refractivity contribution >= 4 is 23.7 Å². The summed E-state index contributed by atoms with van der Waals surface area (Å²) in [5.74, 6) is -1.55. The molecular weight excluding hydrogens is 300 g/mol. The number of nitrogens with one attached hydrogen (secondary N) is 2. The van der Waals surface area contributed by atoms with Gasteiger partial charge in [0, 0.05) is 0 Å². The number of aromatic amines is 2. The molecule has 0 spiro atoms. The Morgan fingerprint density at radius 2 is 1.76 bits per heavy atom. The van der Waals surface area contributed by atoms with E-state index in [-0.39, 0.29) is 24.5 Å². The summed E-state index contributed by atoms with van der Waals surface area (Å²) < 4.78 is 9.66. The summed E-state index contributed by atoms with van der Waals surface area (Å²) in [6.07, 6.45) is 1.58. The van der Waals surface area contributed by atoms with Crippen LogP contribution in [0.2, 0.25) is 0 Å². The molecule has 0 amide bonds. The zero-order valence-electron chi connectivity index (χ0n) is 11.8. The summed E-state index contributed by atoms with van der Waals surface area (Å²) in [5, 5.41) is -1.04. The van der Waals surface area contributed by atoms with Crippen molar-refractivity contribution in [3.8, 4) is 0 Å². The SMILES string of the molecule is CCOC(=O)c1[nH]c(=O)[nH]c(=O)c1C(SC)C(=O)OCC. The van der Waals surface area contributed by atoms with Gasteiger partial charge in [0.2, 0.25) is 0 Å². The van der Waals surface area contributed by atoms with Gasteiger partial charge < -0.3 is 14.5 Å². The number of thioether (sulfide) groups is 1. The van der Waals surface area contributed by atoms with Crippen LogP contribution in [0.3, 0.4) is 0 Å². The number of rotatable bonds is 6. The van der Waals surface area contributed by atoms with Crippen molar-refractivity contribution in [2.45, 2.75) is 19.1 Å². The number of H-pyrrole nitrogens is 2. The molecule has 1 unspecified atom stereocenters. The molecule has 0 fully saturated rings. The van der Waals surface area contributed by atoms with E-state index in [0.29, 0.717) is 0 Å². The van der Waals surface area contributed by atoms with Gasteiger partial charge in [-0.15, -0.1) is 11.8 Å². The fraction of sp³-hybridized carbons (Fsp3) is 0.500. The summed E-state index contributed by atoms with van der Waals surface area (Å²) in [6, 6.07) is 0. The number of carbonyl (C=O) groups excluding carboxylic acids is 2. The van der Waals surface area contributed by atoms with Crippen molar-refractivity contribution < 1.29 is 19.1 Å². The summed E-state index contributed by atoms with van der Waals surface area (Å²) in [5.41, 5.74) is -2.19. The van der Waals surface area contributed by atoms with Crippen LogP contribution >= 0.6 is 11.8 Å². The van der Waals surface area contributed by atoms with Crippen LogP contribution in [0, 0.1) is 0 Å². The Labute approximate surface area is 124 Å². The van der Waals surface area contributed by atoms with Gasteiger partial charge >= 0.3 is 17.6 Å². The van der Waals surface area contributed by atoms with Gasteiger partial charge in [-0.1, -0.05) is 0 Å². The van der Waals surface area contributed by atoms with Crippen LogP contribution in [0.25, 0.3) is 0 Å². The van der Waals surface area contributed by atoms with E-state index in [1.54, 1.807) is 20.1 Å². The van der Waals surface area contributed by atoms with Crippen LogP contribution in [-0.2, 0) is 14.3 Å². The van der Waals surface area contributed by atoms with Gasteiger partial charge in [0.15, 0.2) is 0 Å². The molecule has 8 nitrogen and oxygen atoms in total. The molecule has 0 saturated heterocycles. The van der Waals surface area contributed by atoms with Crippen LogP contribution in [0.1, 0.15) is 35.1 Å². The number of hydrogen-bond donors (Lipinski definition) is 2. The average molecular weight is 316 g/mol. The molecule has 1 heterocycles. The van der Waals surface area contributed by atoms with Gasteiger partial charge in [-0.05, 0) is 20.1 Å². The molecule has 9 heteroatoms. The predicted octanol–water partition coefficient (Wildman–Crippen LogP) is 0.207. The first-order valence-corrected chi connectivity index (χ1v) is 7.48. The van der Waals surface area contributed by atoms with Crippen LogP contribution < -0.4 is 11.2 Å². The van der Waals surface area contributed by atoms with Crippen molar-refractivity contribution in [1.82, 2.24) is 9.97 Å². The first-order chi connectivity index (χ1) is 9.96. The lowest BCUT2D eigenvalue weighted by Gasteiger charge is -2.15. The van der Waals surface area contributed by atoms with E-state index in [1.807, 2.05) is 4.98 Å². The quantitative estimate of drug-likeness (QED) is 0.720. The molecule has 0 aliphatic rings. The summed E-state index contributed by atoms with van der Waals surface area (Å²) in [6.45, 7) is 3.40. The highest BCUT2D eigenvalue weighted by atomic mass is 32.2. The number of carbonyl (C=O) groups is 2. The smallest absolute Gasteiger partial charge is 0.355 e. The van der Waals surface area contributed by atoms with Crippen LogP contribution in [0.15, 0.2) is 9.59 Å². The fourth-order valence-electron chi connectivity index (χ4n) is 1.66. The lowest BCUT2D eigenvalue weighted by Crippen LogP contribution is -2.33. The normalized spacial score (nSPS) is 11.8. The van der Waals surface area contributed by atoms with Gasteiger partial charge in [0.1, 0.15) is 10.9 Å². The van der Waals surface area contributed by atoms with Gasteiger partial charge in [-0.25, -0.2) is 9.59 Å². The Morgan fingerprint density at radius 3 is 2.29 bits per heavy atom. The minimum Gasteiger partial charge on any atom is -0.465 e. The second-order valence-corrected chi connectivity index (χ2v) is 4.73. The second kappa shape index (κ2) is 7.67. The zero-order valence-corrected chi connectivity index (χ0v) is 12.7. The van der Waals surface area contributed by atoms with Crippen molar-refractivity contribution in [2.75, 3.05) is 19.5 Å². The molecule has 0 radical (unpaired) electrons. The van der Waals surface area contributed by atoms with Crippen LogP contribution in [0.4, 0.5) is 0 Å². The topological polar surface area (TPSA) is 118 Å². The van der Waals surface area contributed by atoms with Gasteiger partial charge in [0.25, 0.3) is 5.56 Å². The van der Waals surface area contributed by atoms with Crippen molar-refractivity contribution in [1.29, 1.82) is 0 Å². The van der Waals surface area contributed by atoms with Gasteiger partial charge in [0.05, 0.1) is 18.8 Å². The molecule has 1 aromatic rings. The van der Waals surface area contributed by atoms with Crippen molar-refractivity contribution in [2.24, 2.45) is 0 Å². The monoisotopic (exact) mass is 316 g/mol. The maximum atomic E-state index is 12.0. The van der Waals surface area contributed by atoms with Crippen LogP contribution in [0.5, 0.6) is 0 Å². The second-order valence-electron chi connectivity index (χ2n) is 3.79. The van der Waals surface area contributed by atoms with Crippen molar-refractivity contribution in [3.05, 3.63) is 32.1 Å². The molecule has 1 atom stereocenters. The molecule has 1 aromatic heterocycles. The molecule has 21 heavy (non-hydrogen) atoms. The Morgan fingerprint density at radius 1 is 1.14 bits per heavy atom. The van der Waals surface area contributed by atoms with Crippen LogP contribution in [-0.4, -0.2) is 41.4 Å². The summed E-state index contributed by atoms with van der Waals surface area (Å²) >= 11 is 1.02. The Kier molecular flexibility index (Phi) is 6.22. The number of hydrogen-bond acceptors (Lipinski definition) is 7. The molecule has 116 valence electrons. The predicted molar refractivity (Wildman–Crippen MR) is 76.5 cm³/mol. The maximum absolute atomic E-state index is 12.0. The van der Waals surface area contributed by atoms with E-state index in [9.17, 15) is 19.2 Å². The third-order valence-corrected chi connectivity index (χ3v) is 3.36. The van der Waals surface area contributed by atoms with E-state index in [0.717, 1.165) is 11.8 Å². The van der Waals surface area contributed by atoms with Crippen molar-refractivity contribution in [3.63, 3.8) is 0 Å². The van der Waals surface area contributed by atoms with E-state index < -0.39 is 28.4 Å². The van der Waals surface area contributed by atoms with E-state index in [1.165, 1.54) is 0 Å². The number of ether oxygens (including phenoxy) is 2. The largest absolute Gasteiger partial charge is 0.465 e. The molecule has 0 saturated carbocycles. The minimum absolute atomic E-state index is 0.0659. The Bertz CT molecular complexity index is 635. The molecule has 2 N–H and O–H groups in total. The standard InChI is InChI=1S/C12H16N2O6S/c1-4-19-10(16)7-6(9(15)14-12(18)13-7)8(21-3)11(17)20-5-2/h8H,4-5H2,1-3H3,(H2,13,14,15,18). The summed E-state index contributed by atoms with van der Waals surface area (Å²) in [7, 11) is 0. The molecular formula is C12H16N2O6S. The lowest BCUT2D eigenvalue weighted by molar-refractivity contribution is -0.142. The highest BCUT2D eigenvalue weighted by molar-refractivity contribution is 7.99. The first kappa shape index (κ1) is 17.0. The highest BCUT2D eigenvalue weighted by Crippen LogP contribution is 2.27. The molecule has 1 rings (SSSR count). The lowest BCUT2D eigenvalue weighted by atomic mass is 10.1. The van der Waals surface area contributed by atoms with E-state index >= 15 is 0 Å². The third-order valence-electron chi connectivity index (χ3n) is 2.46. The Hall–Kier alpha value is -2.03. The minimum atomic E-state index is -1.04. The molecule has 0 aliphatic heterocycles. The van der Waals surface area contributed by atoms with Gasteiger partial charge in [-0.3, -0.25) is 14.6 Å². The van der Waals surface area contributed by atoms with E-state index in [4.69, 9.17) is 9.47 Å². The maximum Gasteiger partial charge on any atom is 0.355 e. The molecule has 0 aliphatic carbocycles. The van der Waals surface area contributed by atoms with E-state index in [2.05, 4.69) is 4.98 Å². The number of esters is 2. The summed E-state index contributed by atoms with van der Waals surface area (Å²) in [4.78, 5) is 51.3. The van der Waals surface area contributed by atoms with Gasteiger partial charge in [-0.2, -0.15) is 0 Å². The molecule has 0 bridgehead atoms. The fourth-order valence-corrected chi connectivity index (χ4v) is 2.38. The third kappa shape index (κ3) is 3.97. The first-order valence-electron chi connectivity index (χ1n) is 6.19. The zero-order chi connectivity index (χ0) is 16.0. The molecule has 0 aromatic carbocycles. The Balaban J connectivity index is 3.45. The average Bonchev–Trinajstić information content (AvgIpc) is 2.42.